The molecule has 0 saturated carbocycles. The van der Waals surface area contributed by atoms with Gasteiger partial charge in [0.1, 0.15) is 0 Å². The molecule has 2 amide bonds. The molecule has 1 aliphatic heterocycles. The molecule has 34 heavy (non-hydrogen) atoms. The molecule has 0 saturated heterocycles. The molecule has 172 valence electrons. The van der Waals surface area contributed by atoms with Gasteiger partial charge in [-0.2, -0.15) is 10.1 Å². The zero-order chi connectivity index (χ0) is 24.1. The lowest BCUT2D eigenvalue weighted by molar-refractivity contribution is -0.118. The number of rotatable bonds is 7. The van der Waals surface area contributed by atoms with Crippen LogP contribution >= 0.6 is 0 Å². The van der Waals surface area contributed by atoms with Gasteiger partial charge in [-0.15, -0.1) is 0 Å². The molecule has 7 heteroatoms. The predicted octanol–water partition coefficient (Wildman–Crippen LogP) is 4.83. The molecule has 0 bridgehead atoms. The first-order chi connectivity index (χ1) is 16.5. The largest absolute Gasteiger partial charge is 0.493 e. The number of carbonyl (C=O) groups is 2. The maximum Gasteiger partial charge on any atom is 0.280 e. The van der Waals surface area contributed by atoms with E-state index < -0.39 is 0 Å². The lowest BCUT2D eigenvalue weighted by Gasteiger charge is -2.14. The summed E-state index contributed by atoms with van der Waals surface area (Å²) in [7, 11) is 1.52. The second-order valence-corrected chi connectivity index (χ2v) is 7.78. The maximum atomic E-state index is 13.1. The van der Waals surface area contributed by atoms with Gasteiger partial charge in [-0.05, 0) is 50.3 Å². The van der Waals surface area contributed by atoms with Crippen molar-refractivity contribution in [2.75, 3.05) is 24.0 Å². The Morgan fingerprint density at radius 1 is 1.00 bits per heavy atom. The quantitative estimate of drug-likeness (QED) is 0.518. The van der Waals surface area contributed by atoms with E-state index in [1.807, 2.05) is 61.5 Å². The van der Waals surface area contributed by atoms with Gasteiger partial charge in [0, 0.05) is 11.3 Å². The Balaban J connectivity index is 1.56. The second kappa shape index (κ2) is 10.0. The van der Waals surface area contributed by atoms with Crippen molar-refractivity contribution in [1.29, 1.82) is 0 Å². The molecule has 7 nitrogen and oxygen atoms in total. The Labute approximate surface area is 198 Å². The lowest BCUT2D eigenvalue weighted by atomic mass is 10.1. The lowest BCUT2D eigenvalue weighted by Crippen LogP contribution is -2.21. The van der Waals surface area contributed by atoms with Gasteiger partial charge in [0.25, 0.3) is 11.8 Å². The summed E-state index contributed by atoms with van der Waals surface area (Å²) in [6.45, 7) is 3.54. The van der Waals surface area contributed by atoms with E-state index in [-0.39, 0.29) is 18.4 Å². The van der Waals surface area contributed by atoms with Gasteiger partial charge in [-0.25, -0.2) is 0 Å². The number of hydrogen-bond donors (Lipinski definition) is 1. The van der Waals surface area contributed by atoms with Crippen LogP contribution in [0.5, 0.6) is 11.5 Å². The smallest absolute Gasteiger partial charge is 0.280 e. The number of carbonyl (C=O) groups excluding carboxylic acids is 2. The third-order valence-electron chi connectivity index (χ3n) is 5.28. The van der Waals surface area contributed by atoms with Gasteiger partial charge >= 0.3 is 0 Å². The van der Waals surface area contributed by atoms with Crippen LogP contribution in [0.1, 0.15) is 18.1 Å². The van der Waals surface area contributed by atoms with E-state index in [1.54, 1.807) is 31.2 Å². The average Bonchev–Trinajstić information content (AvgIpc) is 3.13. The predicted molar refractivity (Wildman–Crippen MR) is 133 cm³/mol. The highest BCUT2D eigenvalue weighted by molar-refractivity contribution is 6.32. The van der Waals surface area contributed by atoms with Crippen molar-refractivity contribution in [1.82, 2.24) is 0 Å². The van der Waals surface area contributed by atoms with Crippen LogP contribution in [0.15, 0.2) is 83.5 Å². The van der Waals surface area contributed by atoms with Gasteiger partial charge < -0.3 is 14.8 Å². The molecule has 4 rings (SSSR count). The van der Waals surface area contributed by atoms with Crippen LogP contribution in [-0.2, 0) is 9.59 Å². The van der Waals surface area contributed by atoms with Gasteiger partial charge in [-0.1, -0.05) is 48.0 Å². The SMILES string of the molecule is COc1cccc(/C=C2/C(=O)N(c3ccccc3)N=C2C)c1OCC(=O)Nc1ccc(C)cc1. The van der Waals surface area contributed by atoms with E-state index in [9.17, 15) is 9.59 Å². The van der Waals surface area contributed by atoms with Crippen LogP contribution in [0.4, 0.5) is 11.4 Å². The number of hydrazone groups is 1. The number of nitrogens with one attached hydrogen (secondary N) is 1. The number of para-hydroxylation sites is 2. The molecule has 0 aromatic heterocycles. The van der Waals surface area contributed by atoms with Gasteiger partial charge in [0.15, 0.2) is 18.1 Å². The Kier molecular flexibility index (Phi) is 6.73. The average molecular weight is 456 g/mol. The second-order valence-electron chi connectivity index (χ2n) is 7.78. The number of methoxy groups -OCH3 is 1. The first-order valence-electron chi connectivity index (χ1n) is 10.8. The van der Waals surface area contributed by atoms with Crippen molar-refractivity contribution < 1.29 is 19.1 Å². The molecule has 0 fully saturated rings. The standard InChI is InChI=1S/C27H25N3O4/c1-18-12-14-21(15-13-18)28-25(31)17-34-26-20(8-7-11-24(26)33-3)16-23-19(2)29-30(27(23)32)22-9-5-4-6-10-22/h4-16H,17H2,1-3H3,(H,28,31)/b23-16+. The van der Waals surface area contributed by atoms with Crippen LogP contribution < -0.4 is 19.8 Å². The highest BCUT2D eigenvalue weighted by Crippen LogP contribution is 2.34. The summed E-state index contributed by atoms with van der Waals surface area (Å²) >= 11 is 0. The zero-order valence-electron chi connectivity index (χ0n) is 19.2. The molecule has 3 aromatic carbocycles. The first kappa shape index (κ1) is 22.8. The Morgan fingerprint density at radius 3 is 2.44 bits per heavy atom. The number of amides is 2. The van der Waals surface area contributed by atoms with E-state index in [2.05, 4.69) is 10.4 Å². The van der Waals surface area contributed by atoms with Crippen molar-refractivity contribution in [2.45, 2.75) is 13.8 Å². The summed E-state index contributed by atoms with van der Waals surface area (Å²) in [6, 6.07) is 22.1. The highest BCUT2D eigenvalue weighted by atomic mass is 16.5. The van der Waals surface area contributed by atoms with Crippen LogP contribution in [0.3, 0.4) is 0 Å². The summed E-state index contributed by atoms with van der Waals surface area (Å²) in [5.74, 6) is 0.278. The first-order valence-corrected chi connectivity index (χ1v) is 10.8. The van der Waals surface area contributed by atoms with E-state index in [1.165, 1.54) is 12.1 Å². The summed E-state index contributed by atoms with van der Waals surface area (Å²) in [5, 5.41) is 8.59. The molecule has 0 radical (unpaired) electrons. The van der Waals surface area contributed by atoms with E-state index in [4.69, 9.17) is 9.47 Å². The zero-order valence-corrected chi connectivity index (χ0v) is 19.2. The summed E-state index contributed by atoms with van der Waals surface area (Å²) in [4.78, 5) is 25.5. The summed E-state index contributed by atoms with van der Waals surface area (Å²) < 4.78 is 11.3. The van der Waals surface area contributed by atoms with Crippen LogP contribution in [-0.4, -0.2) is 31.2 Å². The molecule has 1 heterocycles. The number of nitrogens with zero attached hydrogens (tertiary/aromatic N) is 2. The van der Waals surface area contributed by atoms with Crippen molar-refractivity contribution in [3.8, 4) is 11.5 Å². The van der Waals surface area contributed by atoms with E-state index in [0.29, 0.717) is 39.7 Å². The molecular formula is C27H25N3O4. The van der Waals surface area contributed by atoms with Crippen molar-refractivity contribution in [2.24, 2.45) is 5.10 Å². The van der Waals surface area contributed by atoms with Crippen molar-refractivity contribution in [3.63, 3.8) is 0 Å². The van der Waals surface area contributed by atoms with Gasteiger partial charge in [0.2, 0.25) is 0 Å². The number of ether oxygens (including phenoxy) is 2. The minimum absolute atomic E-state index is 0.221. The number of aryl methyl sites for hydroxylation is 1. The Hall–Kier alpha value is -4.39. The van der Waals surface area contributed by atoms with E-state index in [0.717, 1.165) is 5.56 Å². The monoisotopic (exact) mass is 455 g/mol. The number of benzene rings is 3. The molecule has 0 atom stereocenters. The minimum Gasteiger partial charge on any atom is -0.493 e. The Morgan fingerprint density at radius 2 is 1.74 bits per heavy atom. The van der Waals surface area contributed by atoms with Crippen LogP contribution in [0, 0.1) is 6.92 Å². The molecular weight excluding hydrogens is 430 g/mol. The van der Waals surface area contributed by atoms with Gasteiger partial charge in [-0.3, -0.25) is 9.59 Å². The van der Waals surface area contributed by atoms with Crippen LogP contribution in [0.2, 0.25) is 0 Å². The molecule has 0 spiro atoms. The Bertz CT molecular complexity index is 1260. The minimum atomic E-state index is -0.307. The fourth-order valence-corrected chi connectivity index (χ4v) is 3.52. The fourth-order valence-electron chi connectivity index (χ4n) is 3.52. The molecule has 1 aliphatic rings. The number of anilines is 2. The van der Waals surface area contributed by atoms with Crippen molar-refractivity contribution >= 4 is 35.0 Å². The molecule has 0 aliphatic carbocycles. The maximum absolute atomic E-state index is 13.1. The topological polar surface area (TPSA) is 80.2 Å². The fraction of sp³-hybridized carbons (Fsp3) is 0.148. The van der Waals surface area contributed by atoms with Crippen molar-refractivity contribution in [3.05, 3.63) is 89.5 Å². The molecule has 1 N–H and O–H groups in total. The van der Waals surface area contributed by atoms with E-state index >= 15 is 0 Å². The summed E-state index contributed by atoms with van der Waals surface area (Å²) in [5.41, 5.74) is 4.10. The molecule has 3 aromatic rings. The third kappa shape index (κ3) is 4.99. The third-order valence-corrected chi connectivity index (χ3v) is 5.28. The highest BCUT2D eigenvalue weighted by Gasteiger charge is 2.29. The molecule has 0 unspecified atom stereocenters. The normalized spacial score (nSPS) is 14.2. The number of hydrogen-bond acceptors (Lipinski definition) is 5. The summed E-state index contributed by atoms with van der Waals surface area (Å²) in [6.07, 6.45) is 1.71. The van der Waals surface area contributed by atoms with Crippen LogP contribution in [0.25, 0.3) is 6.08 Å². The van der Waals surface area contributed by atoms with Gasteiger partial charge in [0.05, 0.1) is 24.1 Å².